The Labute approximate surface area is 96.6 Å². The Morgan fingerprint density at radius 2 is 1.88 bits per heavy atom. The van der Waals surface area contributed by atoms with Crippen molar-refractivity contribution in [2.45, 2.75) is 0 Å². The highest BCUT2D eigenvalue weighted by Gasteiger charge is 2.09. The van der Waals surface area contributed by atoms with Gasteiger partial charge in [0.1, 0.15) is 5.75 Å². The molecule has 2 N–H and O–H groups in total. The topological polar surface area (TPSA) is 48.1 Å². The Hall–Kier alpha value is -1.81. The Bertz CT molecular complexity index is 502. The zero-order valence-corrected chi connectivity index (χ0v) is 8.91. The number of hydrogen-bond donors (Lipinski definition) is 1. The van der Waals surface area contributed by atoms with Gasteiger partial charge in [0, 0.05) is 18.0 Å². The summed E-state index contributed by atoms with van der Waals surface area (Å²) in [4.78, 5) is 3.59. The largest absolute Gasteiger partial charge is 0.454 e. The molecule has 0 unspecified atom stereocenters. The fourth-order valence-corrected chi connectivity index (χ4v) is 1.29. The van der Waals surface area contributed by atoms with Gasteiger partial charge >= 0.3 is 0 Å². The first kappa shape index (κ1) is 10.7. The van der Waals surface area contributed by atoms with Crippen molar-refractivity contribution in [1.29, 1.82) is 0 Å². The molecule has 0 spiro atoms. The monoisotopic (exact) mass is 238 g/mol. The van der Waals surface area contributed by atoms with Crippen molar-refractivity contribution >= 4 is 17.3 Å². The molecule has 1 aromatic carbocycles. The van der Waals surface area contributed by atoms with E-state index in [9.17, 15) is 4.39 Å². The highest BCUT2D eigenvalue weighted by Crippen LogP contribution is 2.27. The molecule has 2 aromatic rings. The van der Waals surface area contributed by atoms with E-state index in [0.717, 1.165) is 0 Å². The summed E-state index contributed by atoms with van der Waals surface area (Å²) >= 11 is 5.52. The Balaban J connectivity index is 2.27. The van der Waals surface area contributed by atoms with Crippen molar-refractivity contribution in [2.75, 3.05) is 5.73 Å². The van der Waals surface area contributed by atoms with Crippen LogP contribution in [-0.2, 0) is 0 Å². The maximum Gasteiger partial charge on any atom is 0.202 e. The Morgan fingerprint density at radius 3 is 2.56 bits per heavy atom. The molecular formula is C11H8ClFN2O. The molecule has 0 bridgehead atoms. The smallest absolute Gasteiger partial charge is 0.202 e. The lowest BCUT2D eigenvalue weighted by Crippen LogP contribution is -1.91. The summed E-state index contributed by atoms with van der Waals surface area (Å²) in [5.41, 5.74) is 6.12. The number of pyridine rings is 1. The third-order valence-electron chi connectivity index (χ3n) is 1.92. The van der Waals surface area contributed by atoms with Gasteiger partial charge in [-0.3, -0.25) is 0 Å². The number of halogens is 2. The van der Waals surface area contributed by atoms with Gasteiger partial charge in [-0.15, -0.1) is 0 Å². The number of ether oxygens (including phenoxy) is 1. The molecule has 0 saturated carbocycles. The van der Waals surface area contributed by atoms with Crippen molar-refractivity contribution in [3.8, 4) is 11.5 Å². The van der Waals surface area contributed by atoms with E-state index in [-0.39, 0.29) is 10.9 Å². The van der Waals surface area contributed by atoms with Crippen LogP contribution in [0.15, 0.2) is 36.5 Å². The maximum atomic E-state index is 13.4. The number of hydrogen-bond acceptors (Lipinski definition) is 3. The summed E-state index contributed by atoms with van der Waals surface area (Å²) in [6.45, 7) is 0. The van der Waals surface area contributed by atoms with Gasteiger partial charge in [0.25, 0.3) is 0 Å². The standard InChI is InChI=1S/C11H8ClFN2O/c12-11-10(13)9(5-6-15-11)16-8-3-1-7(14)2-4-8/h1-6H,14H2. The molecule has 1 heterocycles. The van der Waals surface area contributed by atoms with Crippen LogP contribution in [-0.4, -0.2) is 4.98 Å². The molecule has 0 radical (unpaired) electrons. The van der Waals surface area contributed by atoms with Crippen molar-refractivity contribution < 1.29 is 9.13 Å². The van der Waals surface area contributed by atoms with Crippen LogP contribution >= 0.6 is 11.6 Å². The van der Waals surface area contributed by atoms with Crippen LogP contribution in [0.3, 0.4) is 0 Å². The van der Waals surface area contributed by atoms with Crippen LogP contribution in [0.25, 0.3) is 0 Å². The second-order valence-electron chi connectivity index (χ2n) is 3.08. The summed E-state index contributed by atoms with van der Waals surface area (Å²) in [5.74, 6) is -0.166. The molecule has 0 atom stereocenters. The van der Waals surface area contributed by atoms with E-state index >= 15 is 0 Å². The van der Waals surface area contributed by atoms with Crippen LogP contribution in [0.5, 0.6) is 11.5 Å². The molecule has 1 aromatic heterocycles. The molecule has 0 fully saturated rings. The minimum Gasteiger partial charge on any atom is -0.454 e. The first-order valence-corrected chi connectivity index (χ1v) is 4.88. The molecule has 0 amide bonds. The molecule has 0 aliphatic carbocycles. The molecule has 16 heavy (non-hydrogen) atoms. The van der Waals surface area contributed by atoms with Crippen molar-refractivity contribution in [1.82, 2.24) is 4.98 Å². The fourth-order valence-electron chi connectivity index (χ4n) is 1.14. The van der Waals surface area contributed by atoms with Crippen LogP contribution in [0.1, 0.15) is 0 Å². The third-order valence-corrected chi connectivity index (χ3v) is 2.18. The number of nitrogens with two attached hydrogens (primary N) is 1. The lowest BCUT2D eigenvalue weighted by molar-refractivity contribution is 0.440. The maximum absolute atomic E-state index is 13.4. The highest BCUT2D eigenvalue weighted by molar-refractivity contribution is 6.29. The third kappa shape index (κ3) is 2.23. The van der Waals surface area contributed by atoms with E-state index in [2.05, 4.69) is 4.98 Å². The first-order chi connectivity index (χ1) is 7.66. The summed E-state index contributed by atoms with van der Waals surface area (Å²) in [6, 6.07) is 8.01. The number of anilines is 1. The molecule has 0 aliphatic heterocycles. The average Bonchev–Trinajstić information content (AvgIpc) is 2.28. The van der Waals surface area contributed by atoms with Gasteiger partial charge in [-0.2, -0.15) is 4.39 Å². The van der Waals surface area contributed by atoms with Gasteiger partial charge in [-0.05, 0) is 24.3 Å². The van der Waals surface area contributed by atoms with E-state index in [1.165, 1.54) is 12.3 Å². The number of rotatable bonds is 2. The zero-order valence-electron chi connectivity index (χ0n) is 8.15. The lowest BCUT2D eigenvalue weighted by Gasteiger charge is -2.06. The van der Waals surface area contributed by atoms with Gasteiger partial charge < -0.3 is 10.5 Å². The first-order valence-electron chi connectivity index (χ1n) is 4.50. The highest BCUT2D eigenvalue weighted by atomic mass is 35.5. The summed E-state index contributed by atoms with van der Waals surface area (Å²) < 4.78 is 18.7. The molecule has 3 nitrogen and oxygen atoms in total. The molecule has 5 heteroatoms. The van der Waals surface area contributed by atoms with Crippen molar-refractivity contribution in [3.63, 3.8) is 0 Å². The molecule has 2 rings (SSSR count). The van der Waals surface area contributed by atoms with Crippen molar-refractivity contribution in [2.24, 2.45) is 0 Å². The number of benzene rings is 1. The second-order valence-corrected chi connectivity index (χ2v) is 3.44. The predicted octanol–water partition coefficient (Wildman–Crippen LogP) is 3.25. The Morgan fingerprint density at radius 1 is 1.19 bits per heavy atom. The lowest BCUT2D eigenvalue weighted by atomic mass is 10.3. The Kier molecular flexibility index (Phi) is 2.92. The number of nitrogens with zero attached hydrogens (tertiary/aromatic N) is 1. The van der Waals surface area contributed by atoms with E-state index in [1.807, 2.05) is 0 Å². The fraction of sp³-hybridized carbons (Fsp3) is 0. The van der Waals surface area contributed by atoms with E-state index in [0.29, 0.717) is 11.4 Å². The minimum atomic E-state index is -0.680. The second kappa shape index (κ2) is 4.37. The van der Waals surface area contributed by atoms with Gasteiger partial charge in [0.15, 0.2) is 10.9 Å². The van der Waals surface area contributed by atoms with Crippen molar-refractivity contribution in [3.05, 3.63) is 47.5 Å². The van der Waals surface area contributed by atoms with E-state index in [1.54, 1.807) is 24.3 Å². The summed E-state index contributed by atoms with van der Waals surface area (Å²) in [6.07, 6.45) is 1.37. The summed E-state index contributed by atoms with van der Waals surface area (Å²) in [7, 11) is 0. The van der Waals surface area contributed by atoms with Crippen LogP contribution in [0.4, 0.5) is 10.1 Å². The minimum absolute atomic E-state index is 0.0322. The van der Waals surface area contributed by atoms with Gasteiger partial charge in [-0.1, -0.05) is 11.6 Å². The quantitative estimate of drug-likeness (QED) is 0.645. The molecule has 0 aliphatic rings. The van der Waals surface area contributed by atoms with Crippen LogP contribution in [0.2, 0.25) is 5.15 Å². The predicted molar refractivity (Wildman–Crippen MR) is 60.1 cm³/mol. The zero-order chi connectivity index (χ0) is 11.5. The van der Waals surface area contributed by atoms with Crippen LogP contribution in [0, 0.1) is 5.82 Å². The molecule has 82 valence electrons. The normalized spacial score (nSPS) is 10.1. The number of nitrogen functional groups attached to an aromatic ring is 1. The number of aromatic nitrogens is 1. The van der Waals surface area contributed by atoms with Gasteiger partial charge in [-0.25, -0.2) is 4.98 Å². The summed E-state index contributed by atoms with van der Waals surface area (Å²) in [5, 5.41) is -0.215. The van der Waals surface area contributed by atoms with Crippen LogP contribution < -0.4 is 10.5 Å². The average molecular weight is 239 g/mol. The SMILES string of the molecule is Nc1ccc(Oc2ccnc(Cl)c2F)cc1. The van der Waals surface area contributed by atoms with Gasteiger partial charge in [0.05, 0.1) is 0 Å². The molecule has 0 saturated heterocycles. The van der Waals surface area contributed by atoms with E-state index in [4.69, 9.17) is 22.1 Å². The molecular weight excluding hydrogens is 231 g/mol. The van der Waals surface area contributed by atoms with E-state index < -0.39 is 5.82 Å². The van der Waals surface area contributed by atoms with Gasteiger partial charge in [0.2, 0.25) is 5.82 Å².